The van der Waals surface area contributed by atoms with E-state index in [2.05, 4.69) is 5.32 Å². The van der Waals surface area contributed by atoms with E-state index >= 15 is 0 Å². The van der Waals surface area contributed by atoms with E-state index in [9.17, 15) is 9.59 Å². The maximum atomic E-state index is 11.5. The molecule has 0 fully saturated rings. The van der Waals surface area contributed by atoms with E-state index in [1.807, 2.05) is 24.3 Å². The Hall–Kier alpha value is -3.03. The second-order valence-corrected chi connectivity index (χ2v) is 5.67. The number of hydroxylamine groups is 2. The summed E-state index contributed by atoms with van der Waals surface area (Å²) in [5.74, 6) is 0.803. The number of halogens is 1. The predicted octanol–water partition coefficient (Wildman–Crippen LogP) is 3.03. The molecule has 0 atom stereocenters. The van der Waals surface area contributed by atoms with Gasteiger partial charge in [0.25, 0.3) is 0 Å². The normalized spacial score (nSPS) is 10.5. The average Bonchev–Trinajstić information content (AvgIpc) is 2.61. The highest BCUT2D eigenvalue weighted by molar-refractivity contribution is 6.30. The van der Waals surface area contributed by atoms with Crippen LogP contribution in [0.25, 0.3) is 6.08 Å². The monoisotopic (exact) mass is 375 g/mol. The molecule has 8 heteroatoms. The number of amides is 3. The van der Waals surface area contributed by atoms with Crippen LogP contribution >= 0.6 is 11.6 Å². The van der Waals surface area contributed by atoms with Gasteiger partial charge in [0, 0.05) is 11.6 Å². The molecule has 2 rings (SSSR count). The highest BCUT2D eigenvalue weighted by Crippen LogP contribution is 2.24. The quantitative estimate of drug-likeness (QED) is 0.511. The number of nitrogens with one attached hydrogen (secondary N) is 1. The van der Waals surface area contributed by atoms with Crippen LogP contribution in [0.5, 0.6) is 11.5 Å². The Morgan fingerprint density at radius 3 is 2.62 bits per heavy atom. The van der Waals surface area contributed by atoms with Gasteiger partial charge in [-0.25, -0.2) is 4.79 Å². The summed E-state index contributed by atoms with van der Waals surface area (Å²) in [6.45, 7) is -0.290. The standard InChI is InChI=1S/C18H18ClN3O4/c19-14-6-8-15(9-7-14)26-16-5-1-3-13(11-16)4-2-10-21-17(23)12-22(25)18(20)24/h1-9,11,25H,10,12H2,(H2,20,24)(H,21,23). The molecule has 3 amide bonds. The van der Waals surface area contributed by atoms with E-state index in [1.54, 1.807) is 36.4 Å². The maximum absolute atomic E-state index is 11.5. The first kappa shape index (κ1) is 19.3. The van der Waals surface area contributed by atoms with Gasteiger partial charge in [0.1, 0.15) is 18.0 Å². The fourth-order valence-electron chi connectivity index (χ4n) is 1.96. The summed E-state index contributed by atoms with van der Waals surface area (Å²) in [6, 6.07) is 13.4. The van der Waals surface area contributed by atoms with Gasteiger partial charge in [-0.05, 0) is 42.0 Å². The molecular formula is C18H18ClN3O4. The third-order valence-corrected chi connectivity index (χ3v) is 3.43. The number of urea groups is 1. The number of carbonyl (C=O) groups is 2. The smallest absolute Gasteiger partial charge is 0.339 e. The molecule has 0 unspecified atom stereocenters. The number of hydrogen-bond donors (Lipinski definition) is 3. The van der Waals surface area contributed by atoms with Crippen LogP contribution in [0.2, 0.25) is 5.02 Å². The van der Waals surface area contributed by atoms with Gasteiger partial charge in [0.15, 0.2) is 0 Å². The number of rotatable bonds is 7. The van der Waals surface area contributed by atoms with Crippen molar-refractivity contribution in [2.75, 3.05) is 13.1 Å². The maximum Gasteiger partial charge on any atom is 0.339 e. The van der Waals surface area contributed by atoms with E-state index in [0.29, 0.717) is 16.5 Å². The minimum Gasteiger partial charge on any atom is -0.457 e. The largest absolute Gasteiger partial charge is 0.457 e. The number of hydrogen-bond acceptors (Lipinski definition) is 4. The highest BCUT2D eigenvalue weighted by Gasteiger charge is 2.10. The molecule has 0 saturated carbocycles. The van der Waals surface area contributed by atoms with Crippen molar-refractivity contribution in [3.05, 3.63) is 65.2 Å². The van der Waals surface area contributed by atoms with Crippen molar-refractivity contribution in [3.63, 3.8) is 0 Å². The lowest BCUT2D eigenvalue weighted by Crippen LogP contribution is -2.41. The molecule has 7 nitrogen and oxygen atoms in total. The summed E-state index contributed by atoms with van der Waals surface area (Å²) in [5.41, 5.74) is 5.70. The Kier molecular flexibility index (Phi) is 7.02. The SMILES string of the molecule is NC(=O)N(O)CC(=O)NCC=Cc1cccc(Oc2ccc(Cl)cc2)c1. The highest BCUT2D eigenvalue weighted by atomic mass is 35.5. The van der Waals surface area contributed by atoms with Crippen LogP contribution in [0.15, 0.2) is 54.6 Å². The van der Waals surface area contributed by atoms with Crippen molar-refractivity contribution in [2.45, 2.75) is 0 Å². The zero-order valence-electron chi connectivity index (χ0n) is 13.8. The Bertz CT molecular complexity index is 793. The number of benzene rings is 2. The molecule has 26 heavy (non-hydrogen) atoms. The zero-order valence-corrected chi connectivity index (χ0v) is 14.5. The number of primary amides is 1. The van der Waals surface area contributed by atoms with E-state index in [1.165, 1.54) is 0 Å². The van der Waals surface area contributed by atoms with Crippen molar-refractivity contribution < 1.29 is 19.5 Å². The molecule has 4 N–H and O–H groups in total. The lowest BCUT2D eigenvalue weighted by molar-refractivity contribution is -0.129. The summed E-state index contributed by atoms with van der Waals surface area (Å²) in [5, 5.41) is 12.3. The van der Waals surface area contributed by atoms with Gasteiger partial charge in [0.05, 0.1) is 0 Å². The molecule has 0 heterocycles. The van der Waals surface area contributed by atoms with Crippen LogP contribution in [0.1, 0.15) is 5.56 Å². The number of nitrogens with two attached hydrogens (primary N) is 1. The lowest BCUT2D eigenvalue weighted by Gasteiger charge is -2.10. The van der Waals surface area contributed by atoms with Gasteiger partial charge in [-0.2, -0.15) is 5.06 Å². The first-order valence-electron chi connectivity index (χ1n) is 7.66. The zero-order chi connectivity index (χ0) is 18.9. The Morgan fingerprint density at radius 2 is 1.92 bits per heavy atom. The van der Waals surface area contributed by atoms with Crippen molar-refractivity contribution in [3.8, 4) is 11.5 Å². The molecule has 0 saturated heterocycles. The molecule has 2 aromatic carbocycles. The van der Waals surface area contributed by atoms with Crippen LogP contribution in [0, 0.1) is 0 Å². The van der Waals surface area contributed by atoms with Gasteiger partial charge >= 0.3 is 6.03 Å². The molecule has 0 aromatic heterocycles. The number of nitrogens with zero attached hydrogens (tertiary/aromatic N) is 1. The number of ether oxygens (including phenoxy) is 1. The van der Waals surface area contributed by atoms with Gasteiger partial charge < -0.3 is 15.8 Å². The molecule has 0 aliphatic carbocycles. The molecule has 0 spiro atoms. The third-order valence-electron chi connectivity index (χ3n) is 3.18. The minimum absolute atomic E-state index is 0.136. The number of carbonyl (C=O) groups excluding carboxylic acids is 2. The Balaban J connectivity index is 1.85. The average molecular weight is 376 g/mol. The Labute approximate surface area is 155 Å². The van der Waals surface area contributed by atoms with Gasteiger partial charge in [-0.15, -0.1) is 0 Å². The van der Waals surface area contributed by atoms with Crippen molar-refractivity contribution in [2.24, 2.45) is 5.73 Å². The van der Waals surface area contributed by atoms with E-state index < -0.39 is 18.5 Å². The summed E-state index contributed by atoms with van der Waals surface area (Å²) in [6.07, 6.45) is 3.53. The van der Waals surface area contributed by atoms with Gasteiger partial charge in [-0.1, -0.05) is 35.9 Å². The molecule has 2 aromatic rings. The van der Waals surface area contributed by atoms with Crippen LogP contribution in [-0.4, -0.2) is 35.3 Å². The lowest BCUT2D eigenvalue weighted by atomic mass is 10.2. The summed E-state index contributed by atoms with van der Waals surface area (Å²) >= 11 is 5.84. The van der Waals surface area contributed by atoms with E-state index in [-0.39, 0.29) is 11.6 Å². The third kappa shape index (κ3) is 6.46. The molecule has 136 valence electrons. The van der Waals surface area contributed by atoms with Crippen LogP contribution < -0.4 is 15.8 Å². The molecular weight excluding hydrogens is 358 g/mol. The van der Waals surface area contributed by atoms with Crippen LogP contribution in [-0.2, 0) is 4.79 Å². The van der Waals surface area contributed by atoms with Crippen molar-refractivity contribution in [1.82, 2.24) is 10.4 Å². The predicted molar refractivity (Wildman–Crippen MR) is 98.1 cm³/mol. The summed E-state index contributed by atoms with van der Waals surface area (Å²) in [4.78, 5) is 22.1. The minimum atomic E-state index is -1.09. The van der Waals surface area contributed by atoms with Gasteiger partial charge in [-0.3, -0.25) is 10.0 Å². The molecule has 0 aliphatic rings. The van der Waals surface area contributed by atoms with Crippen LogP contribution in [0.3, 0.4) is 0 Å². The van der Waals surface area contributed by atoms with Crippen LogP contribution in [0.4, 0.5) is 4.79 Å². The molecule has 0 radical (unpaired) electrons. The fourth-order valence-corrected chi connectivity index (χ4v) is 2.08. The molecule has 0 aliphatic heterocycles. The summed E-state index contributed by atoms with van der Waals surface area (Å²) < 4.78 is 5.75. The topological polar surface area (TPSA) is 105 Å². The fraction of sp³-hybridized carbons (Fsp3) is 0.111. The first-order chi connectivity index (χ1) is 12.4. The second-order valence-electron chi connectivity index (χ2n) is 5.23. The van der Waals surface area contributed by atoms with E-state index in [0.717, 1.165) is 5.56 Å². The molecule has 0 bridgehead atoms. The van der Waals surface area contributed by atoms with Crippen molar-refractivity contribution >= 4 is 29.6 Å². The summed E-state index contributed by atoms with van der Waals surface area (Å²) in [7, 11) is 0. The first-order valence-corrected chi connectivity index (χ1v) is 8.04. The van der Waals surface area contributed by atoms with Crippen molar-refractivity contribution in [1.29, 1.82) is 0 Å². The van der Waals surface area contributed by atoms with E-state index in [4.69, 9.17) is 27.3 Å². The Morgan fingerprint density at radius 1 is 1.19 bits per heavy atom. The second kappa shape index (κ2) is 9.45. The van der Waals surface area contributed by atoms with Gasteiger partial charge in [0.2, 0.25) is 5.91 Å².